The minimum atomic E-state index is -0.192. The summed E-state index contributed by atoms with van der Waals surface area (Å²) in [6.07, 6.45) is 0. The topological polar surface area (TPSA) is 52.7 Å². The second-order valence-electron chi connectivity index (χ2n) is 5.95. The van der Waals surface area contributed by atoms with E-state index in [1.807, 2.05) is 34.5 Å². The highest BCUT2D eigenvalue weighted by molar-refractivity contribution is 7.12. The Morgan fingerprint density at radius 3 is 2.60 bits per heavy atom. The fourth-order valence-corrected chi connectivity index (χ4v) is 3.66. The van der Waals surface area contributed by atoms with Gasteiger partial charge in [-0.05, 0) is 29.1 Å². The smallest absolute Gasteiger partial charge is 0.261 e. The zero-order chi connectivity index (χ0) is 17.6. The molecule has 1 aromatic carbocycles. The van der Waals surface area contributed by atoms with Crippen molar-refractivity contribution < 1.29 is 9.59 Å². The Bertz CT molecular complexity index is 728. The second kappa shape index (κ2) is 8.47. The molecule has 2 amide bonds. The lowest BCUT2D eigenvalue weighted by molar-refractivity contribution is -0.131. The highest BCUT2D eigenvalue weighted by Crippen LogP contribution is 2.14. The molecular weight excluding hydrogens is 358 g/mol. The van der Waals surface area contributed by atoms with Gasteiger partial charge < -0.3 is 10.2 Å². The lowest BCUT2D eigenvalue weighted by Gasteiger charge is -2.34. The van der Waals surface area contributed by atoms with Crippen LogP contribution in [0, 0.1) is 0 Å². The highest BCUT2D eigenvalue weighted by atomic mass is 35.5. The standard InChI is InChI=1S/C18H20ClN3O2S/c19-15-4-1-3-14(11-15)13-21-6-8-22(9-7-21)17(23)12-20-18(24)16-5-2-10-25-16/h1-5,10-11H,6-9,12-13H2,(H,20,24). The van der Waals surface area contributed by atoms with Gasteiger partial charge in [-0.1, -0.05) is 29.8 Å². The molecule has 132 valence electrons. The van der Waals surface area contributed by atoms with Gasteiger partial charge in [-0.2, -0.15) is 0 Å². The quantitative estimate of drug-likeness (QED) is 0.870. The van der Waals surface area contributed by atoms with Gasteiger partial charge in [-0.15, -0.1) is 11.3 Å². The molecule has 25 heavy (non-hydrogen) atoms. The summed E-state index contributed by atoms with van der Waals surface area (Å²) in [5.74, 6) is -0.227. The van der Waals surface area contributed by atoms with E-state index in [1.54, 1.807) is 6.07 Å². The largest absolute Gasteiger partial charge is 0.342 e. The second-order valence-corrected chi connectivity index (χ2v) is 7.33. The van der Waals surface area contributed by atoms with Crippen LogP contribution in [0.1, 0.15) is 15.2 Å². The van der Waals surface area contributed by atoms with Gasteiger partial charge in [0.15, 0.2) is 0 Å². The monoisotopic (exact) mass is 377 g/mol. The van der Waals surface area contributed by atoms with Crippen LogP contribution in [0.25, 0.3) is 0 Å². The maximum absolute atomic E-state index is 12.3. The highest BCUT2D eigenvalue weighted by Gasteiger charge is 2.21. The summed E-state index contributed by atoms with van der Waals surface area (Å²) in [5.41, 5.74) is 1.18. The number of nitrogens with one attached hydrogen (secondary N) is 1. The van der Waals surface area contributed by atoms with Gasteiger partial charge >= 0.3 is 0 Å². The minimum absolute atomic E-state index is 0.0349. The maximum Gasteiger partial charge on any atom is 0.261 e. The average molecular weight is 378 g/mol. The molecule has 1 aromatic heterocycles. The van der Waals surface area contributed by atoms with Gasteiger partial charge in [-0.25, -0.2) is 0 Å². The Hall–Kier alpha value is -1.89. The van der Waals surface area contributed by atoms with Gasteiger partial charge in [0.05, 0.1) is 11.4 Å². The lowest BCUT2D eigenvalue weighted by Crippen LogP contribution is -2.50. The number of halogens is 1. The number of nitrogens with zero attached hydrogens (tertiary/aromatic N) is 2. The van der Waals surface area contributed by atoms with Gasteiger partial charge in [0.25, 0.3) is 5.91 Å². The molecule has 3 rings (SSSR count). The molecule has 5 nitrogen and oxygen atoms in total. The van der Waals surface area contributed by atoms with Crippen molar-refractivity contribution in [2.24, 2.45) is 0 Å². The van der Waals surface area contributed by atoms with Gasteiger partial charge in [0.2, 0.25) is 5.91 Å². The first kappa shape index (κ1) is 17.9. The van der Waals surface area contributed by atoms with E-state index in [1.165, 1.54) is 16.9 Å². The van der Waals surface area contributed by atoms with Crippen LogP contribution in [-0.4, -0.2) is 54.3 Å². The summed E-state index contributed by atoms with van der Waals surface area (Å²) in [6, 6.07) is 11.4. The van der Waals surface area contributed by atoms with Crippen LogP contribution >= 0.6 is 22.9 Å². The third kappa shape index (κ3) is 5.04. The molecule has 2 aromatic rings. The van der Waals surface area contributed by atoms with Crippen LogP contribution in [0.15, 0.2) is 41.8 Å². The molecule has 1 aliphatic heterocycles. The van der Waals surface area contributed by atoms with E-state index in [4.69, 9.17) is 11.6 Å². The van der Waals surface area contributed by atoms with Crippen LogP contribution < -0.4 is 5.32 Å². The fourth-order valence-electron chi connectivity index (χ4n) is 2.81. The van der Waals surface area contributed by atoms with Crippen LogP contribution in [0.3, 0.4) is 0 Å². The molecule has 2 heterocycles. The number of hydrogen-bond acceptors (Lipinski definition) is 4. The first-order valence-electron chi connectivity index (χ1n) is 8.18. The molecule has 1 saturated heterocycles. The van der Waals surface area contributed by atoms with Crippen molar-refractivity contribution in [3.63, 3.8) is 0 Å². The number of rotatable bonds is 5. The minimum Gasteiger partial charge on any atom is -0.342 e. The predicted molar refractivity (Wildman–Crippen MR) is 100.0 cm³/mol. The van der Waals surface area contributed by atoms with E-state index in [0.29, 0.717) is 18.0 Å². The molecule has 1 aliphatic rings. The lowest BCUT2D eigenvalue weighted by atomic mass is 10.2. The van der Waals surface area contributed by atoms with Crippen molar-refractivity contribution >= 4 is 34.8 Å². The summed E-state index contributed by atoms with van der Waals surface area (Å²) < 4.78 is 0. The normalized spacial score (nSPS) is 15.2. The Kier molecular flexibility index (Phi) is 6.07. The third-order valence-corrected chi connectivity index (χ3v) is 5.27. The summed E-state index contributed by atoms with van der Waals surface area (Å²) in [5, 5.41) is 5.28. The number of benzene rings is 1. The summed E-state index contributed by atoms with van der Waals surface area (Å²) in [6.45, 7) is 3.86. The van der Waals surface area contributed by atoms with Crippen LogP contribution in [0.2, 0.25) is 5.02 Å². The van der Waals surface area contributed by atoms with Crippen LogP contribution in [0.4, 0.5) is 0 Å². The number of thiophene rings is 1. The van der Waals surface area contributed by atoms with Crippen molar-refractivity contribution in [1.29, 1.82) is 0 Å². The molecule has 0 radical (unpaired) electrons. The van der Waals surface area contributed by atoms with Crippen molar-refractivity contribution in [1.82, 2.24) is 15.1 Å². The molecule has 0 saturated carbocycles. The Morgan fingerprint density at radius 2 is 1.92 bits per heavy atom. The zero-order valence-electron chi connectivity index (χ0n) is 13.8. The average Bonchev–Trinajstić information content (AvgIpc) is 3.15. The Labute approximate surface area is 156 Å². The van der Waals surface area contributed by atoms with Gasteiger partial charge in [0, 0.05) is 37.7 Å². The van der Waals surface area contributed by atoms with Crippen molar-refractivity contribution in [3.05, 3.63) is 57.2 Å². The molecule has 0 atom stereocenters. The van der Waals surface area contributed by atoms with E-state index >= 15 is 0 Å². The van der Waals surface area contributed by atoms with E-state index in [0.717, 1.165) is 24.7 Å². The number of piperazine rings is 1. The predicted octanol–water partition coefficient (Wildman–Crippen LogP) is 2.48. The molecule has 0 bridgehead atoms. The number of carbonyl (C=O) groups is 2. The number of carbonyl (C=O) groups excluding carboxylic acids is 2. The first-order valence-corrected chi connectivity index (χ1v) is 9.44. The molecule has 0 unspecified atom stereocenters. The number of amides is 2. The summed E-state index contributed by atoms with van der Waals surface area (Å²) in [7, 11) is 0. The van der Waals surface area contributed by atoms with Crippen molar-refractivity contribution in [2.75, 3.05) is 32.7 Å². The molecule has 1 fully saturated rings. The van der Waals surface area contributed by atoms with E-state index in [2.05, 4.69) is 16.3 Å². The first-order chi connectivity index (χ1) is 12.1. The van der Waals surface area contributed by atoms with E-state index in [9.17, 15) is 9.59 Å². The SMILES string of the molecule is O=C(NCC(=O)N1CCN(Cc2cccc(Cl)c2)CC1)c1cccs1. The summed E-state index contributed by atoms with van der Waals surface area (Å²) in [4.78, 5) is 28.9. The molecule has 1 N–H and O–H groups in total. The van der Waals surface area contributed by atoms with Gasteiger partial charge in [-0.3, -0.25) is 14.5 Å². The van der Waals surface area contributed by atoms with Crippen molar-refractivity contribution in [3.8, 4) is 0 Å². The Balaban J connectivity index is 1.42. The Morgan fingerprint density at radius 1 is 1.12 bits per heavy atom. The van der Waals surface area contributed by atoms with Crippen LogP contribution in [-0.2, 0) is 11.3 Å². The molecule has 7 heteroatoms. The summed E-state index contributed by atoms with van der Waals surface area (Å²) >= 11 is 7.39. The number of hydrogen-bond donors (Lipinski definition) is 1. The van der Waals surface area contributed by atoms with E-state index < -0.39 is 0 Å². The molecule has 0 aliphatic carbocycles. The molecule has 0 spiro atoms. The van der Waals surface area contributed by atoms with Crippen LogP contribution in [0.5, 0.6) is 0 Å². The maximum atomic E-state index is 12.3. The van der Waals surface area contributed by atoms with Gasteiger partial charge in [0.1, 0.15) is 0 Å². The van der Waals surface area contributed by atoms with Crippen molar-refractivity contribution in [2.45, 2.75) is 6.54 Å². The zero-order valence-corrected chi connectivity index (χ0v) is 15.4. The third-order valence-electron chi connectivity index (χ3n) is 4.17. The molecular formula is C18H20ClN3O2S. The fraction of sp³-hybridized carbons (Fsp3) is 0.333. The van der Waals surface area contributed by atoms with E-state index in [-0.39, 0.29) is 18.4 Å².